The van der Waals surface area contributed by atoms with E-state index in [2.05, 4.69) is 10.3 Å². The maximum Gasteiger partial charge on any atom is 0.228 e. The summed E-state index contributed by atoms with van der Waals surface area (Å²) in [6, 6.07) is 12.7. The fourth-order valence-corrected chi connectivity index (χ4v) is 2.64. The molecule has 0 saturated carbocycles. The van der Waals surface area contributed by atoms with Crippen molar-refractivity contribution in [3.05, 3.63) is 71.3 Å². The van der Waals surface area contributed by atoms with Gasteiger partial charge < -0.3 is 14.6 Å². The molecule has 1 aromatic heterocycles. The fourth-order valence-electron chi connectivity index (χ4n) is 2.51. The minimum absolute atomic E-state index is 0.101. The molecule has 0 aliphatic heterocycles. The molecule has 0 radical (unpaired) electrons. The van der Waals surface area contributed by atoms with Gasteiger partial charge in [0.1, 0.15) is 5.75 Å². The summed E-state index contributed by atoms with van der Waals surface area (Å²) < 4.78 is 7.33. The van der Waals surface area contributed by atoms with E-state index < -0.39 is 0 Å². The van der Waals surface area contributed by atoms with Gasteiger partial charge in [0.15, 0.2) is 0 Å². The maximum absolute atomic E-state index is 12.2. The monoisotopic (exact) mass is 355 g/mol. The summed E-state index contributed by atoms with van der Waals surface area (Å²) in [5.41, 5.74) is 3.36. The number of aromatic nitrogens is 2. The number of halogens is 1. The van der Waals surface area contributed by atoms with E-state index in [9.17, 15) is 4.79 Å². The summed E-state index contributed by atoms with van der Waals surface area (Å²) in [6.07, 6.45) is 3.92. The Hall–Kier alpha value is -2.79. The predicted molar refractivity (Wildman–Crippen MR) is 98.6 cm³/mol. The van der Waals surface area contributed by atoms with Gasteiger partial charge in [0, 0.05) is 23.0 Å². The molecule has 0 spiro atoms. The van der Waals surface area contributed by atoms with Crippen LogP contribution in [0.4, 0.5) is 5.69 Å². The third-order valence-corrected chi connectivity index (χ3v) is 3.98. The Morgan fingerprint density at radius 1 is 1.24 bits per heavy atom. The molecule has 0 fully saturated rings. The Morgan fingerprint density at radius 3 is 2.64 bits per heavy atom. The highest BCUT2D eigenvalue weighted by Gasteiger charge is 2.10. The molecular formula is C19H18ClN3O2. The maximum atomic E-state index is 12.2. The van der Waals surface area contributed by atoms with Gasteiger partial charge in [-0.2, -0.15) is 0 Å². The number of carbonyl (C=O) groups is 1. The number of nitrogens with zero attached hydrogens (tertiary/aromatic N) is 2. The molecule has 3 rings (SSSR count). The molecule has 1 heterocycles. The van der Waals surface area contributed by atoms with E-state index in [-0.39, 0.29) is 12.3 Å². The first-order valence-corrected chi connectivity index (χ1v) is 8.16. The molecular weight excluding hydrogens is 338 g/mol. The number of hydrogen-bond donors (Lipinski definition) is 1. The van der Waals surface area contributed by atoms with Crippen LogP contribution in [0.3, 0.4) is 0 Å². The first-order chi connectivity index (χ1) is 12.0. The Balaban J connectivity index is 1.74. The predicted octanol–water partition coefficient (Wildman–Crippen LogP) is 4.02. The van der Waals surface area contributed by atoms with Crippen LogP contribution in [0.25, 0.3) is 5.69 Å². The topological polar surface area (TPSA) is 56.1 Å². The van der Waals surface area contributed by atoms with Gasteiger partial charge in [0.25, 0.3) is 0 Å². The van der Waals surface area contributed by atoms with E-state index in [1.165, 1.54) is 0 Å². The van der Waals surface area contributed by atoms with Crippen LogP contribution >= 0.6 is 11.6 Å². The standard InChI is InChI=1S/C19H18ClN3O2/c1-13-11-23(12-21-13)17-8-7-16(10-18(17)25-2)22-19(24)9-14-3-5-15(20)6-4-14/h3-8,10-12H,9H2,1-2H3,(H,22,24). The van der Waals surface area contributed by atoms with Crippen molar-refractivity contribution in [2.75, 3.05) is 12.4 Å². The molecule has 0 saturated heterocycles. The van der Waals surface area contributed by atoms with Gasteiger partial charge in [-0.1, -0.05) is 23.7 Å². The highest BCUT2D eigenvalue weighted by molar-refractivity contribution is 6.30. The molecule has 1 amide bonds. The minimum Gasteiger partial charge on any atom is -0.494 e. The SMILES string of the molecule is COc1cc(NC(=O)Cc2ccc(Cl)cc2)ccc1-n1cnc(C)c1. The molecule has 25 heavy (non-hydrogen) atoms. The fraction of sp³-hybridized carbons (Fsp3) is 0.158. The molecule has 5 nitrogen and oxygen atoms in total. The van der Waals surface area contributed by atoms with Gasteiger partial charge >= 0.3 is 0 Å². The molecule has 0 aliphatic carbocycles. The number of hydrogen-bond acceptors (Lipinski definition) is 3. The van der Waals surface area contributed by atoms with Crippen molar-refractivity contribution in [3.63, 3.8) is 0 Å². The van der Waals surface area contributed by atoms with Crippen molar-refractivity contribution >= 4 is 23.2 Å². The lowest BCUT2D eigenvalue weighted by Gasteiger charge is -2.12. The average molecular weight is 356 g/mol. The van der Waals surface area contributed by atoms with E-state index in [1.807, 2.05) is 42.0 Å². The van der Waals surface area contributed by atoms with E-state index >= 15 is 0 Å². The number of rotatable bonds is 5. The number of aryl methyl sites for hydroxylation is 1. The number of imidazole rings is 1. The van der Waals surface area contributed by atoms with E-state index in [0.717, 1.165) is 16.9 Å². The second-order valence-electron chi connectivity index (χ2n) is 5.66. The molecule has 3 aromatic rings. The highest BCUT2D eigenvalue weighted by atomic mass is 35.5. The Morgan fingerprint density at radius 2 is 2.00 bits per heavy atom. The van der Waals surface area contributed by atoms with Crippen LogP contribution < -0.4 is 10.1 Å². The van der Waals surface area contributed by atoms with Gasteiger partial charge in [-0.25, -0.2) is 4.98 Å². The average Bonchev–Trinajstić information content (AvgIpc) is 3.03. The summed E-state index contributed by atoms with van der Waals surface area (Å²) in [4.78, 5) is 16.4. The van der Waals surface area contributed by atoms with Crippen LogP contribution in [0.1, 0.15) is 11.3 Å². The van der Waals surface area contributed by atoms with Gasteiger partial charge in [-0.05, 0) is 36.8 Å². The smallest absolute Gasteiger partial charge is 0.228 e. The first-order valence-electron chi connectivity index (χ1n) is 7.78. The normalized spacial score (nSPS) is 10.5. The van der Waals surface area contributed by atoms with Gasteiger partial charge in [0.05, 0.1) is 31.2 Å². The van der Waals surface area contributed by atoms with Crippen LogP contribution in [-0.2, 0) is 11.2 Å². The third-order valence-electron chi connectivity index (χ3n) is 3.73. The van der Waals surface area contributed by atoms with Crippen molar-refractivity contribution in [1.82, 2.24) is 9.55 Å². The third kappa shape index (κ3) is 4.19. The van der Waals surface area contributed by atoms with Crippen molar-refractivity contribution in [2.24, 2.45) is 0 Å². The lowest BCUT2D eigenvalue weighted by molar-refractivity contribution is -0.115. The largest absolute Gasteiger partial charge is 0.494 e. The van der Waals surface area contributed by atoms with Gasteiger partial charge in [0.2, 0.25) is 5.91 Å². The number of carbonyl (C=O) groups excluding carboxylic acids is 1. The van der Waals surface area contributed by atoms with Crippen LogP contribution in [0.15, 0.2) is 55.0 Å². The summed E-state index contributed by atoms with van der Waals surface area (Å²) in [6.45, 7) is 1.92. The summed E-state index contributed by atoms with van der Waals surface area (Å²) in [5.74, 6) is 0.553. The van der Waals surface area contributed by atoms with Crippen molar-refractivity contribution < 1.29 is 9.53 Å². The van der Waals surface area contributed by atoms with Crippen LogP contribution in [-0.4, -0.2) is 22.6 Å². The zero-order valence-corrected chi connectivity index (χ0v) is 14.7. The minimum atomic E-state index is -0.101. The number of ether oxygens (including phenoxy) is 1. The Bertz CT molecular complexity index is 888. The molecule has 0 atom stereocenters. The quantitative estimate of drug-likeness (QED) is 0.752. The van der Waals surface area contributed by atoms with Crippen molar-refractivity contribution in [3.8, 4) is 11.4 Å². The number of amides is 1. The van der Waals surface area contributed by atoms with Crippen molar-refractivity contribution in [2.45, 2.75) is 13.3 Å². The van der Waals surface area contributed by atoms with Crippen LogP contribution in [0.2, 0.25) is 5.02 Å². The second-order valence-corrected chi connectivity index (χ2v) is 6.10. The molecule has 2 aromatic carbocycles. The summed E-state index contributed by atoms with van der Waals surface area (Å²) >= 11 is 5.86. The molecule has 0 unspecified atom stereocenters. The molecule has 1 N–H and O–H groups in total. The highest BCUT2D eigenvalue weighted by Crippen LogP contribution is 2.27. The summed E-state index contributed by atoms with van der Waals surface area (Å²) in [5, 5.41) is 3.54. The zero-order valence-electron chi connectivity index (χ0n) is 14.0. The number of anilines is 1. The Labute approximate surface area is 151 Å². The lowest BCUT2D eigenvalue weighted by Crippen LogP contribution is -2.14. The molecule has 0 aliphatic rings. The van der Waals surface area contributed by atoms with Gasteiger partial charge in [-0.3, -0.25) is 4.79 Å². The van der Waals surface area contributed by atoms with Gasteiger partial charge in [-0.15, -0.1) is 0 Å². The van der Waals surface area contributed by atoms with Crippen molar-refractivity contribution in [1.29, 1.82) is 0 Å². The Kier molecular flexibility index (Phi) is 5.05. The lowest BCUT2D eigenvalue weighted by atomic mass is 10.1. The number of nitrogens with one attached hydrogen (secondary N) is 1. The summed E-state index contributed by atoms with van der Waals surface area (Å²) in [7, 11) is 1.60. The van der Waals surface area contributed by atoms with Crippen LogP contribution in [0.5, 0.6) is 5.75 Å². The van der Waals surface area contributed by atoms with Crippen LogP contribution in [0, 0.1) is 6.92 Å². The van der Waals surface area contributed by atoms with E-state index in [0.29, 0.717) is 16.5 Å². The van der Waals surface area contributed by atoms with E-state index in [1.54, 1.807) is 31.6 Å². The molecule has 128 valence electrons. The number of benzene rings is 2. The second kappa shape index (κ2) is 7.40. The first kappa shape index (κ1) is 17.0. The van der Waals surface area contributed by atoms with E-state index in [4.69, 9.17) is 16.3 Å². The molecule has 0 bridgehead atoms. The zero-order chi connectivity index (χ0) is 17.8. The molecule has 6 heteroatoms. The number of methoxy groups -OCH3 is 1.